The molecule has 0 saturated carbocycles. The highest BCUT2D eigenvalue weighted by Gasteiger charge is 2.21. The lowest BCUT2D eigenvalue weighted by atomic mass is 10.1. The molecule has 5 heteroatoms. The number of hydrogen-bond acceptors (Lipinski definition) is 3. The molecule has 0 aromatic heterocycles. The molecule has 15 heavy (non-hydrogen) atoms. The van der Waals surface area contributed by atoms with Gasteiger partial charge in [0, 0.05) is 23.6 Å². The molecule has 2 N–H and O–H groups in total. The van der Waals surface area contributed by atoms with Gasteiger partial charge in [0.1, 0.15) is 11.9 Å². The lowest BCUT2D eigenvalue weighted by molar-refractivity contribution is 0.0918. The van der Waals surface area contributed by atoms with E-state index in [0.717, 1.165) is 0 Å². The van der Waals surface area contributed by atoms with Gasteiger partial charge in [-0.2, -0.15) is 0 Å². The third-order valence-electron chi connectivity index (χ3n) is 2.19. The summed E-state index contributed by atoms with van der Waals surface area (Å²) in [6, 6.07) is 4.29. The highest BCUT2D eigenvalue weighted by molar-refractivity contribution is 6.31. The Morgan fingerprint density at radius 3 is 2.93 bits per heavy atom. The Morgan fingerprint density at radius 2 is 2.33 bits per heavy atom. The Labute approximate surface area is 91.7 Å². The van der Waals surface area contributed by atoms with E-state index in [1.807, 2.05) is 0 Å². The van der Waals surface area contributed by atoms with Crippen LogP contribution in [0.5, 0.6) is 0 Å². The van der Waals surface area contributed by atoms with Crippen LogP contribution in [-0.2, 0) is 4.84 Å². The van der Waals surface area contributed by atoms with Crippen LogP contribution in [0.25, 0.3) is 0 Å². The second-order valence-corrected chi connectivity index (χ2v) is 3.80. The van der Waals surface area contributed by atoms with E-state index in [2.05, 4.69) is 5.16 Å². The van der Waals surface area contributed by atoms with Crippen LogP contribution in [0.1, 0.15) is 12.0 Å². The van der Waals surface area contributed by atoms with Crippen LogP contribution in [0.4, 0.5) is 4.39 Å². The molecule has 0 amide bonds. The zero-order valence-electron chi connectivity index (χ0n) is 7.91. The van der Waals surface area contributed by atoms with Gasteiger partial charge in [0.2, 0.25) is 0 Å². The van der Waals surface area contributed by atoms with Gasteiger partial charge in [0.15, 0.2) is 0 Å². The van der Waals surface area contributed by atoms with Crippen molar-refractivity contribution in [2.45, 2.75) is 12.5 Å². The molecule has 0 saturated heterocycles. The number of benzene rings is 1. The Hall–Kier alpha value is -1.13. The number of nitrogens with zero attached hydrogens (tertiary/aromatic N) is 1. The van der Waals surface area contributed by atoms with Gasteiger partial charge < -0.3 is 10.6 Å². The van der Waals surface area contributed by atoms with E-state index in [0.29, 0.717) is 29.3 Å². The van der Waals surface area contributed by atoms with Crippen molar-refractivity contribution in [2.24, 2.45) is 10.9 Å². The second kappa shape index (κ2) is 4.16. The van der Waals surface area contributed by atoms with Crippen LogP contribution in [0.2, 0.25) is 5.02 Å². The van der Waals surface area contributed by atoms with Crippen molar-refractivity contribution in [3.8, 4) is 0 Å². The van der Waals surface area contributed by atoms with Crippen molar-refractivity contribution in [2.75, 3.05) is 6.54 Å². The van der Waals surface area contributed by atoms with E-state index in [-0.39, 0.29) is 11.9 Å². The first-order valence-corrected chi connectivity index (χ1v) is 4.96. The van der Waals surface area contributed by atoms with E-state index in [1.54, 1.807) is 6.07 Å². The summed E-state index contributed by atoms with van der Waals surface area (Å²) in [5, 5.41) is 4.20. The molecule has 2 rings (SSSR count). The van der Waals surface area contributed by atoms with Crippen molar-refractivity contribution >= 4 is 17.3 Å². The molecule has 1 aliphatic rings. The molecule has 1 aromatic rings. The predicted molar refractivity (Wildman–Crippen MR) is 56.5 cm³/mol. The van der Waals surface area contributed by atoms with Crippen LogP contribution in [0.15, 0.2) is 23.4 Å². The van der Waals surface area contributed by atoms with Crippen LogP contribution in [-0.4, -0.2) is 18.4 Å². The maximum absolute atomic E-state index is 13.1. The number of oxime groups is 1. The van der Waals surface area contributed by atoms with Gasteiger partial charge in [0.05, 0.1) is 5.71 Å². The van der Waals surface area contributed by atoms with E-state index < -0.39 is 0 Å². The largest absolute Gasteiger partial charge is 0.390 e. The van der Waals surface area contributed by atoms with E-state index in [9.17, 15) is 4.39 Å². The van der Waals surface area contributed by atoms with Crippen LogP contribution in [0, 0.1) is 5.82 Å². The monoisotopic (exact) mass is 228 g/mol. The van der Waals surface area contributed by atoms with Gasteiger partial charge in [-0.1, -0.05) is 16.8 Å². The van der Waals surface area contributed by atoms with Crippen molar-refractivity contribution in [1.29, 1.82) is 0 Å². The second-order valence-electron chi connectivity index (χ2n) is 3.36. The molecule has 0 radical (unpaired) electrons. The molecule has 3 nitrogen and oxygen atoms in total. The molecule has 1 heterocycles. The zero-order chi connectivity index (χ0) is 10.8. The topological polar surface area (TPSA) is 47.6 Å². The van der Waals surface area contributed by atoms with Crippen LogP contribution < -0.4 is 5.73 Å². The molecule has 1 unspecified atom stereocenters. The standard InChI is InChI=1S/C10H10ClFN2O/c11-7-1-6(2-8(12)3-7)10-4-9(5-13)15-14-10/h1-3,9H,4-5,13H2. The van der Waals surface area contributed by atoms with Gasteiger partial charge in [-0.3, -0.25) is 0 Å². The Kier molecular flexibility index (Phi) is 2.88. The Balaban J connectivity index is 2.24. The minimum atomic E-state index is -0.378. The first-order valence-electron chi connectivity index (χ1n) is 4.58. The fraction of sp³-hybridized carbons (Fsp3) is 0.300. The minimum absolute atomic E-state index is 0.109. The molecular formula is C10H10ClFN2O. The summed E-state index contributed by atoms with van der Waals surface area (Å²) < 4.78 is 13.1. The minimum Gasteiger partial charge on any atom is -0.390 e. The average molecular weight is 229 g/mol. The summed E-state index contributed by atoms with van der Waals surface area (Å²) in [5.41, 5.74) is 6.77. The van der Waals surface area contributed by atoms with Crippen LogP contribution >= 0.6 is 11.6 Å². The summed E-state index contributed by atoms with van der Waals surface area (Å²) in [5.74, 6) is -0.378. The third-order valence-corrected chi connectivity index (χ3v) is 2.41. The molecule has 1 atom stereocenters. The Bertz CT molecular complexity index is 388. The van der Waals surface area contributed by atoms with Crippen molar-refractivity contribution in [3.05, 3.63) is 34.6 Å². The first kappa shape index (κ1) is 10.4. The van der Waals surface area contributed by atoms with Crippen molar-refractivity contribution in [1.82, 2.24) is 0 Å². The van der Waals surface area contributed by atoms with Gasteiger partial charge in [0.25, 0.3) is 0 Å². The maximum atomic E-state index is 13.1. The summed E-state index contributed by atoms with van der Waals surface area (Å²) in [4.78, 5) is 5.05. The number of rotatable bonds is 2. The first-order chi connectivity index (χ1) is 7.19. The summed E-state index contributed by atoms with van der Waals surface area (Å²) in [6.45, 7) is 0.399. The highest BCUT2D eigenvalue weighted by Crippen LogP contribution is 2.20. The zero-order valence-corrected chi connectivity index (χ0v) is 8.67. The predicted octanol–water partition coefficient (Wildman–Crippen LogP) is 1.93. The van der Waals surface area contributed by atoms with Crippen LogP contribution in [0.3, 0.4) is 0 Å². The Morgan fingerprint density at radius 1 is 1.53 bits per heavy atom. The smallest absolute Gasteiger partial charge is 0.145 e. The molecule has 1 aromatic carbocycles. The maximum Gasteiger partial charge on any atom is 0.145 e. The molecule has 0 aliphatic carbocycles. The molecule has 0 fully saturated rings. The van der Waals surface area contributed by atoms with E-state index in [1.165, 1.54) is 12.1 Å². The summed E-state index contributed by atoms with van der Waals surface area (Å²) in [7, 11) is 0. The quantitative estimate of drug-likeness (QED) is 0.841. The molecular weight excluding hydrogens is 219 g/mol. The normalized spacial score (nSPS) is 19.9. The molecule has 1 aliphatic heterocycles. The fourth-order valence-corrected chi connectivity index (χ4v) is 1.67. The fourth-order valence-electron chi connectivity index (χ4n) is 1.45. The molecule has 0 bridgehead atoms. The van der Waals surface area contributed by atoms with Gasteiger partial charge >= 0.3 is 0 Å². The third kappa shape index (κ3) is 2.27. The van der Waals surface area contributed by atoms with E-state index in [4.69, 9.17) is 22.2 Å². The summed E-state index contributed by atoms with van der Waals surface area (Å²) in [6.07, 6.45) is 0.484. The average Bonchev–Trinajstić information content (AvgIpc) is 2.64. The highest BCUT2D eigenvalue weighted by atomic mass is 35.5. The SMILES string of the molecule is NCC1CC(c2cc(F)cc(Cl)c2)=NO1. The number of hydrogen-bond donors (Lipinski definition) is 1. The van der Waals surface area contributed by atoms with Gasteiger partial charge in [-0.25, -0.2) is 4.39 Å². The van der Waals surface area contributed by atoms with Gasteiger partial charge in [-0.05, 0) is 18.2 Å². The van der Waals surface area contributed by atoms with Crippen molar-refractivity contribution < 1.29 is 9.23 Å². The molecule has 80 valence electrons. The van der Waals surface area contributed by atoms with Gasteiger partial charge in [-0.15, -0.1) is 0 Å². The van der Waals surface area contributed by atoms with Crippen molar-refractivity contribution in [3.63, 3.8) is 0 Å². The van der Waals surface area contributed by atoms with E-state index >= 15 is 0 Å². The number of nitrogens with two attached hydrogens (primary N) is 1. The lowest BCUT2D eigenvalue weighted by Gasteiger charge is -2.02. The number of halogens is 2. The molecule has 0 spiro atoms. The summed E-state index contributed by atoms with van der Waals surface area (Å²) >= 11 is 5.74. The lowest BCUT2D eigenvalue weighted by Crippen LogP contribution is -2.20.